The second-order valence-corrected chi connectivity index (χ2v) is 5.55. The van der Waals surface area contributed by atoms with Gasteiger partial charge in [-0.2, -0.15) is 5.26 Å². The summed E-state index contributed by atoms with van der Waals surface area (Å²) in [7, 11) is 2.27. The lowest BCUT2D eigenvalue weighted by atomic mass is 9.94. The van der Waals surface area contributed by atoms with Crippen LogP contribution < -0.4 is 5.32 Å². The average Bonchev–Trinajstić information content (AvgIpc) is 2.43. The third-order valence-electron chi connectivity index (χ3n) is 4.15. The van der Waals surface area contributed by atoms with Crippen LogP contribution in [0.2, 0.25) is 0 Å². The predicted molar refractivity (Wildman–Crippen MR) is 76.4 cm³/mol. The van der Waals surface area contributed by atoms with E-state index >= 15 is 0 Å². The van der Waals surface area contributed by atoms with Crippen LogP contribution in [0.1, 0.15) is 58.3 Å². The molecular formula is C15H29N3. The number of nitrogens with one attached hydrogen (secondary N) is 1. The fourth-order valence-electron chi connectivity index (χ4n) is 2.81. The molecule has 1 rings (SSSR count). The molecule has 18 heavy (non-hydrogen) atoms. The van der Waals surface area contributed by atoms with E-state index in [1.165, 1.54) is 45.1 Å². The van der Waals surface area contributed by atoms with Gasteiger partial charge >= 0.3 is 0 Å². The Kier molecular flexibility index (Phi) is 8.04. The van der Waals surface area contributed by atoms with E-state index in [0.29, 0.717) is 12.5 Å². The van der Waals surface area contributed by atoms with Crippen LogP contribution in [0.5, 0.6) is 0 Å². The Bertz CT molecular complexity index is 241. The highest BCUT2D eigenvalue weighted by molar-refractivity contribution is 4.80. The summed E-state index contributed by atoms with van der Waals surface area (Å²) in [6.07, 6.45) is 9.89. The first-order chi connectivity index (χ1) is 8.77. The van der Waals surface area contributed by atoms with Crippen LogP contribution in [-0.4, -0.2) is 37.1 Å². The van der Waals surface area contributed by atoms with Crippen LogP contribution in [0.4, 0.5) is 0 Å². The van der Waals surface area contributed by atoms with Gasteiger partial charge in [0.2, 0.25) is 0 Å². The summed E-state index contributed by atoms with van der Waals surface area (Å²) in [6, 6.07) is 3.45. The largest absolute Gasteiger partial charge is 0.313 e. The van der Waals surface area contributed by atoms with Gasteiger partial charge in [0.15, 0.2) is 0 Å². The van der Waals surface area contributed by atoms with E-state index in [4.69, 9.17) is 5.26 Å². The van der Waals surface area contributed by atoms with Gasteiger partial charge in [-0.3, -0.25) is 0 Å². The maximum atomic E-state index is 8.68. The molecular weight excluding hydrogens is 222 g/mol. The minimum absolute atomic E-state index is 0.384. The molecule has 0 aromatic carbocycles. The van der Waals surface area contributed by atoms with Crippen LogP contribution in [0.25, 0.3) is 0 Å². The minimum Gasteiger partial charge on any atom is -0.313 e. The maximum absolute atomic E-state index is 8.68. The molecule has 0 radical (unpaired) electrons. The van der Waals surface area contributed by atoms with Crippen LogP contribution >= 0.6 is 0 Å². The van der Waals surface area contributed by atoms with E-state index in [0.717, 1.165) is 19.0 Å². The Hall–Kier alpha value is -0.590. The molecule has 1 atom stereocenters. The smallest absolute Gasteiger partial charge is 0.0638 e. The Morgan fingerprint density at radius 2 is 2.06 bits per heavy atom. The van der Waals surface area contributed by atoms with E-state index in [-0.39, 0.29) is 0 Å². The van der Waals surface area contributed by atoms with Crippen molar-refractivity contribution >= 4 is 0 Å². The van der Waals surface area contributed by atoms with Crippen molar-refractivity contribution in [2.75, 3.05) is 20.1 Å². The highest BCUT2D eigenvalue weighted by Gasteiger charge is 2.17. The van der Waals surface area contributed by atoms with Crippen molar-refractivity contribution in [1.29, 1.82) is 5.26 Å². The van der Waals surface area contributed by atoms with Gasteiger partial charge < -0.3 is 10.2 Å². The molecule has 1 saturated carbocycles. The quantitative estimate of drug-likeness (QED) is 0.674. The first-order valence-corrected chi connectivity index (χ1v) is 7.58. The molecule has 0 aromatic heterocycles. The molecule has 104 valence electrons. The molecule has 0 heterocycles. The second-order valence-electron chi connectivity index (χ2n) is 5.55. The highest BCUT2D eigenvalue weighted by atomic mass is 15.1. The van der Waals surface area contributed by atoms with Crippen LogP contribution in [0.3, 0.4) is 0 Å². The lowest BCUT2D eigenvalue weighted by Crippen LogP contribution is -2.36. The van der Waals surface area contributed by atoms with E-state index in [1.807, 2.05) is 0 Å². The molecule has 0 bridgehead atoms. The number of rotatable bonds is 8. The predicted octanol–water partition coefficient (Wildman–Crippen LogP) is 2.92. The van der Waals surface area contributed by atoms with Gasteiger partial charge in [-0.15, -0.1) is 0 Å². The Morgan fingerprint density at radius 3 is 2.67 bits per heavy atom. The fourth-order valence-corrected chi connectivity index (χ4v) is 2.81. The van der Waals surface area contributed by atoms with Gasteiger partial charge in [-0.05, 0) is 45.8 Å². The molecule has 1 N–H and O–H groups in total. The zero-order chi connectivity index (χ0) is 13.2. The molecule has 0 spiro atoms. The minimum atomic E-state index is 0.384. The van der Waals surface area contributed by atoms with Gasteiger partial charge in [0.25, 0.3) is 0 Å². The van der Waals surface area contributed by atoms with Crippen molar-refractivity contribution in [2.45, 2.75) is 70.4 Å². The van der Waals surface area contributed by atoms with E-state index < -0.39 is 0 Å². The van der Waals surface area contributed by atoms with Crippen molar-refractivity contribution in [3.63, 3.8) is 0 Å². The Balaban J connectivity index is 2.07. The molecule has 1 unspecified atom stereocenters. The SMILES string of the molecule is CCC(CC#N)NCCCN(C)C1CCCCC1. The summed E-state index contributed by atoms with van der Waals surface area (Å²) in [5.74, 6) is 0. The first-order valence-electron chi connectivity index (χ1n) is 7.58. The van der Waals surface area contributed by atoms with Crippen LogP contribution in [-0.2, 0) is 0 Å². The number of hydrogen-bond donors (Lipinski definition) is 1. The standard InChI is InChI=1S/C15H29N3/c1-3-14(10-11-16)17-12-7-13-18(2)15-8-5-4-6-9-15/h14-15,17H,3-10,12-13H2,1-2H3. The van der Waals surface area contributed by atoms with Gasteiger partial charge in [-0.1, -0.05) is 26.2 Å². The molecule has 0 amide bonds. The lowest BCUT2D eigenvalue weighted by Gasteiger charge is -2.31. The summed E-state index contributed by atoms with van der Waals surface area (Å²) < 4.78 is 0. The number of nitriles is 1. The van der Waals surface area contributed by atoms with Crippen LogP contribution in [0, 0.1) is 11.3 Å². The summed E-state index contributed by atoms with van der Waals surface area (Å²) in [6.45, 7) is 4.36. The van der Waals surface area contributed by atoms with Crippen molar-refractivity contribution in [2.24, 2.45) is 0 Å². The molecule has 0 saturated heterocycles. The highest BCUT2D eigenvalue weighted by Crippen LogP contribution is 2.21. The third-order valence-corrected chi connectivity index (χ3v) is 4.15. The molecule has 0 aromatic rings. The van der Waals surface area contributed by atoms with Crippen LogP contribution in [0.15, 0.2) is 0 Å². The molecule has 0 aliphatic heterocycles. The topological polar surface area (TPSA) is 39.1 Å². The summed E-state index contributed by atoms with van der Waals surface area (Å²) >= 11 is 0. The van der Waals surface area contributed by atoms with Crippen molar-refractivity contribution < 1.29 is 0 Å². The van der Waals surface area contributed by atoms with Gasteiger partial charge in [0, 0.05) is 12.1 Å². The number of hydrogen-bond acceptors (Lipinski definition) is 3. The lowest BCUT2D eigenvalue weighted by molar-refractivity contribution is 0.189. The molecule has 1 aliphatic rings. The van der Waals surface area contributed by atoms with Crippen molar-refractivity contribution in [1.82, 2.24) is 10.2 Å². The first kappa shape index (κ1) is 15.5. The molecule has 1 fully saturated rings. The number of nitrogens with zero attached hydrogens (tertiary/aromatic N) is 2. The maximum Gasteiger partial charge on any atom is 0.0638 e. The molecule has 3 heteroatoms. The van der Waals surface area contributed by atoms with Crippen molar-refractivity contribution in [3.8, 4) is 6.07 Å². The van der Waals surface area contributed by atoms with E-state index in [2.05, 4.69) is 30.3 Å². The zero-order valence-electron chi connectivity index (χ0n) is 12.1. The normalized spacial score (nSPS) is 18.8. The van der Waals surface area contributed by atoms with E-state index in [1.54, 1.807) is 0 Å². The second kappa shape index (κ2) is 9.35. The third kappa shape index (κ3) is 5.84. The monoisotopic (exact) mass is 251 g/mol. The Morgan fingerprint density at radius 1 is 1.33 bits per heavy atom. The zero-order valence-corrected chi connectivity index (χ0v) is 12.1. The molecule has 3 nitrogen and oxygen atoms in total. The summed E-state index contributed by atoms with van der Waals surface area (Å²) in [5.41, 5.74) is 0. The van der Waals surface area contributed by atoms with Gasteiger partial charge in [-0.25, -0.2) is 0 Å². The van der Waals surface area contributed by atoms with Gasteiger partial charge in [0.05, 0.1) is 12.5 Å². The summed E-state index contributed by atoms with van der Waals surface area (Å²) in [5, 5.41) is 12.2. The average molecular weight is 251 g/mol. The molecule has 1 aliphatic carbocycles. The van der Waals surface area contributed by atoms with Crippen molar-refractivity contribution in [3.05, 3.63) is 0 Å². The summed E-state index contributed by atoms with van der Waals surface area (Å²) in [4.78, 5) is 2.53. The van der Waals surface area contributed by atoms with Gasteiger partial charge in [0.1, 0.15) is 0 Å². The Labute approximate surface area is 113 Å². The van der Waals surface area contributed by atoms with E-state index in [9.17, 15) is 0 Å². The fraction of sp³-hybridized carbons (Fsp3) is 0.933.